The zero-order chi connectivity index (χ0) is 14.7. The van der Waals surface area contributed by atoms with Crippen LogP contribution in [0.5, 0.6) is 0 Å². The first-order valence-electron chi connectivity index (χ1n) is 7.61. The first-order valence-corrected chi connectivity index (χ1v) is 7.61. The molecule has 1 fully saturated rings. The van der Waals surface area contributed by atoms with Gasteiger partial charge in [-0.15, -0.1) is 0 Å². The Morgan fingerprint density at radius 3 is 2.50 bits per heavy atom. The van der Waals surface area contributed by atoms with E-state index in [-0.39, 0.29) is 6.61 Å². The third-order valence-electron chi connectivity index (χ3n) is 4.67. The molecule has 1 aliphatic heterocycles. The van der Waals surface area contributed by atoms with Gasteiger partial charge in [0.25, 0.3) is 0 Å². The molecule has 0 unspecified atom stereocenters. The number of likely N-dealkylation sites (N-methyl/N-ethyl adjacent to an activating group) is 1. The van der Waals surface area contributed by atoms with Crippen LogP contribution in [-0.4, -0.2) is 54.2 Å². The van der Waals surface area contributed by atoms with Gasteiger partial charge >= 0.3 is 0 Å². The second-order valence-electron chi connectivity index (χ2n) is 6.24. The van der Waals surface area contributed by atoms with Gasteiger partial charge in [-0.3, -0.25) is 4.90 Å². The summed E-state index contributed by atoms with van der Waals surface area (Å²) in [7, 11) is 2.17. The molecule has 0 bridgehead atoms. The summed E-state index contributed by atoms with van der Waals surface area (Å²) in [6, 6.07) is 5.12. The minimum Gasteiger partial charge on any atom is -0.396 e. The molecule has 1 atom stereocenters. The molecule has 0 radical (unpaired) electrons. The Labute approximate surface area is 123 Å². The molecule has 3 nitrogen and oxygen atoms in total. The van der Waals surface area contributed by atoms with Gasteiger partial charge in [0.2, 0.25) is 0 Å². The van der Waals surface area contributed by atoms with Crippen molar-refractivity contribution in [2.24, 2.45) is 0 Å². The largest absolute Gasteiger partial charge is 0.396 e. The first-order chi connectivity index (χ1) is 9.51. The maximum absolute atomic E-state index is 9.18. The van der Waals surface area contributed by atoms with Gasteiger partial charge in [0.05, 0.1) is 0 Å². The molecule has 0 saturated carbocycles. The van der Waals surface area contributed by atoms with Crippen molar-refractivity contribution in [1.82, 2.24) is 9.80 Å². The van der Waals surface area contributed by atoms with Crippen LogP contribution in [-0.2, 0) is 6.54 Å². The lowest BCUT2D eigenvalue weighted by Gasteiger charge is -2.39. The zero-order valence-electron chi connectivity index (χ0n) is 13.3. The highest BCUT2D eigenvalue weighted by atomic mass is 16.3. The third-order valence-corrected chi connectivity index (χ3v) is 4.67. The Morgan fingerprint density at radius 2 is 1.80 bits per heavy atom. The van der Waals surface area contributed by atoms with Crippen LogP contribution < -0.4 is 0 Å². The number of benzene rings is 1. The fourth-order valence-electron chi connectivity index (χ4n) is 3.05. The van der Waals surface area contributed by atoms with Gasteiger partial charge in [-0.05, 0) is 56.5 Å². The molecule has 1 aliphatic rings. The molecule has 1 aromatic carbocycles. The zero-order valence-corrected chi connectivity index (χ0v) is 13.3. The molecular weight excluding hydrogens is 248 g/mol. The molecule has 0 amide bonds. The van der Waals surface area contributed by atoms with E-state index in [2.05, 4.69) is 49.8 Å². The average molecular weight is 276 g/mol. The van der Waals surface area contributed by atoms with E-state index < -0.39 is 0 Å². The van der Waals surface area contributed by atoms with Crippen LogP contribution in [0, 0.1) is 20.8 Å². The van der Waals surface area contributed by atoms with Gasteiger partial charge in [0.15, 0.2) is 0 Å². The highest BCUT2D eigenvalue weighted by Gasteiger charge is 2.24. The highest BCUT2D eigenvalue weighted by molar-refractivity contribution is 5.36. The van der Waals surface area contributed by atoms with Crippen LogP contribution in [0.25, 0.3) is 0 Å². The molecule has 1 heterocycles. The van der Waals surface area contributed by atoms with E-state index in [0.717, 1.165) is 32.6 Å². The summed E-state index contributed by atoms with van der Waals surface area (Å²) < 4.78 is 0. The standard InChI is InChI=1S/C17H28N2O/c1-13-9-15(3)16(10-14(13)2)11-19-7-6-18(4)17(12-19)5-8-20/h9-10,17,20H,5-8,11-12H2,1-4H3/t17-/m0/s1. The normalized spacial score (nSPS) is 21.4. The number of aliphatic hydroxyl groups excluding tert-OH is 1. The van der Waals surface area contributed by atoms with Crippen LogP contribution in [0.15, 0.2) is 12.1 Å². The molecule has 1 saturated heterocycles. The molecule has 1 N–H and O–H groups in total. The number of piperazine rings is 1. The summed E-state index contributed by atoms with van der Waals surface area (Å²) in [5, 5.41) is 9.18. The fourth-order valence-corrected chi connectivity index (χ4v) is 3.05. The van der Waals surface area contributed by atoms with Crippen molar-refractivity contribution in [3.8, 4) is 0 Å². The van der Waals surface area contributed by atoms with Crippen LogP contribution in [0.2, 0.25) is 0 Å². The van der Waals surface area contributed by atoms with Gasteiger partial charge in [-0.25, -0.2) is 0 Å². The number of nitrogens with zero attached hydrogens (tertiary/aromatic N) is 2. The van der Waals surface area contributed by atoms with E-state index in [1.165, 1.54) is 22.3 Å². The number of aryl methyl sites for hydroxylation is 3. The average Bonchev–Trinajstić information content (AvgIpc) is 2.40. The molecule has 3 heteroatoms. The summed E-state index contributed by atoms with van der Waals surface area (Å²) in [5.74, 6) is 0. The van der Waals surface area contributed by atoms with Crippen molar-refractivity contribution in [2.45, 2.75) is 39.8 Å². The Bertz CT molecular complexity index is 459. The van der Waals surface area contributed by atoms with Crippen LogP contribution in [0.4, 0.5) is 0 Å². The van der Waals surface area contributed by atoms with Crippen molar-refractivity contribution in [3.63, 3.8) is 0 Å². The van der Waals surface area contributed by atoms with Crippen LogP contribution >= 0.6 is 0 Å². The van der Waals surface area contributed by atoms with Crippen molar-refractivity contribution >= 4 is 0 Å². The van der Waals surface area contributed by atoms with Gasteiger partial charge in [-0.1, -0.05) is 12.1 Å². The predicted octanol–water partition coefficient (Wildman–Crippen LogP) is 2.11. The second kappa shape index (κ2) is 6.70. The number of hydrogen-bond donors (Lipinski definition) is 1. The molecule has 0 aliphatic carbocycles. The van der Waals surface area contributed by atoms with E-state index in [0.29, 0.717) is 6.04 Å². The Balaban J connectivity index is 2.05. The quantitative estimate of drug-likeness (QED) is 0.912. The Hall–Kier alpha value is -0.900. The lowest BCUT2D eigenvalue weighted by atomic mass is 10.00. The lowest BCUT2D eigenvalue weighted by molar-refractivity contribution is 0.0742. The van der Waals surface area contributed by atoms with Crippen LogP contribution in [0.3, 0.4) is 0 Å². The molecule has 112 valence electrons. The van der Waals surface area contributed by atoms with Crippen molar-refractivity contribution < 1.29 is 5.11 Å². The van der Waals surface area contributed by atoms with Crippen molar-refractivity contribution in [3.05, 3.63) is 34.4 Å². The smallest absolute Gasteiger partial charge is 0.0446 e. The number of aliphatic hydroxyl groups is 1. The maximum atomic E-state index is 9.18. The van der Waals surface area contributed by atoms with Crippen molar-refractivity contribution in [2.75, 3.05) is 33.3 Å². The minimum atomic E-state index is 0.283. The number of rotatable bonds is 4. The topological polar surface area (TPSA) is 26.7 Å². The Kier molecular flexibility index (Phi) is 5.19. The SMILES string of the molecule is Cc1cc(C)c(CN2CCN(C)[C@@H](CCO)C2)cc1C. The second-order valence-corrected chi connectivity index (χ2v) is 6.24. The van der Waals surface area contributed by atoms with Gasteiger partial charge in [0.1, 0.15) is 0 Å². The van der Waals surface area contributed by atoms with E-state index in [4.69, 9.17) is 0 Å². The maximum Gasteiger partial charge on any atom is 0.0446 e. The molecule has 2 rings (SSSR count). The van der Waals surface area contributed by atoms with E-state index in [9.17, 15) is 5.11 Å². The lowest BCUT2D eigenvalue weighted by Crippen LogP contribution is -2.51. The highest BCUT2D eigenvalue weighted by Crippen LogP contribution is 2.19. The molecule has 20 heavy (non-hydrogen) atoms. The summed E-state index contributed by atoms with van der Waals surface area (Å²) >= 11 is 0. The first kappa shape index (κ1) is 15.5. The van der Waals surface area contributed by atoms with Gasteiger partial charge in [0, 0.05) is 38.8 Å². The molecular formula is C17H28N2O. The predicted molar refractivity (Wildman–Crippen MR) is 84.1 cm³/mol. The molecule has 0 aromatic heterocycles. The fraction of sp³-hybridized carbons (Fsp3) is 0.647. The third kappa shape index (κ3) is 3.60. The van der Waals surface area contributed by atoms with E-state index in [1.54, 1.807) is 0 Å². The summed E-state index contributed by atoms with van der Waals surface area (Å²) in [6.45, 7) is 11.2. The van der Waals surface area contributed by atoms with Crippen LogP contribution in [0.1, 0.15) is 28.7 Å². The molecule has 0 spiro atoms. The summed E-state index contributed by atoms with van der Waals surface area (Å²) in [6.07, 6.45) is 0.874. The van der Waals surface area contributed by atoms with E-state index in [1.807, 2.05) is 0 Å². The van der Waals surface area contributed by atoms with Crippen molar-refractivity contribution in [1.29, 1.82) is 0 Å². The number of hydrogen-bond acceptors (Lipinski definition) is 3. The summed E-state index contributed by atoms with van der Waals surface area (Å²) in [4.78, 5) is 4.90. The Morgan fingerprint density at radius 1 is 1.10 bits per heavy atom. The van der Waals surface area contributed by atoms with Gasteiger partial charge in [-0.2, -0.15) is 0 Å². The monoisotopic (exact) mass is 276 g/mol. The molecule has 1 aromatic rings. The van der Waals surface area contributed by atoms with E-state index >= 15 is 0 Å². The minimum absolute atomic E-state index is 0.283. The summed E-state index contributed by atoms with van der Waals surface area (Å²) in [5.41, 5.74) is 5.60. The van der Waals surface area contributed by atoms with Gasteiger partial charge < -0.3 is 10.0 Å².